The van der Waals surface area contributed by atoms with Crippen LogP contribution < -0.4 is 22.0 Å². The van der Waals surface area contributed by atoms with Crippen LogP contribution in [0, 0.1) is 17.1 Å². The molecular formula is C24H18ClFN10O3S. The second-order valence-corrected chi connectivity index (χ2v) is 10.00. The van der Waals surface area contributed by atoms with Crippen LogP contribution in [0.15, 0.2) is 46.2 Å². The third kappa shape index (κ3) is 5.44. The average molecular weight is 581 g/mol. The van der Waals surface area contributed by atoms with Gasteiger partial charge in [0.15, 0.2) is 11.0 Å². The molecule has 5 rings (SSSR count). The quantitative estimate of drug-likeness (QED) is 0.294. The van der Waals surface area contributed by atoms with Crippen molar-refractivity contribution in [2.24, 2.45) is 7.05 Å². The van der Waals surface area contributed by atoms with Crippen molar-refractivity contribution in [2.75, 3.05) is 10.6 Å². The zero-order chi connectivity index (χ0) is 28.6. The highest BCUT2D eigenvalue weighted by Gasteiger charge is 2.18. The van der Waals surface area contributed by atoms with Crippen molar-refractivity contribution in [3.63, 3.8) is 0 Å². The molecule has 40 heavy (non-hydrogen) atoms. The van der Waals surface area contributed by atoms with Gasteiger partial charge in [-0.25, -0.2) is 28.5 Å². The van der Waals surface area contributed by atoms with Crippen LogP contribution in [0.3, 0.4) is 0 Å². The van der Waals surface area contributed by atoms with Crippen LogP contribution in [0.1, 0.15) is 23.9 Å². The van der Waals surface area contributed by atoms with Crippen LogP contribution in [0.25, 0.3) is 10.2 Å². The number of carbonyl (C=O) groups is 1. The number of carbonyl (C=O) groups excluding carboxylic acids is 1. The van der Waals surface area contributed by atoms with Crippen LogP contribution in [0.5, 0.6) is 0 Å². The monoisotopic (exact) mass is 580 g/mol. The number of amides is 1. The molecule has 0 radical (unpaired) electrons. The highest BCUT2D eigenvalue weighted by atomic mass is 35.5. The van der Waals surface area contributed by atoms with Crippen molar-refractivity contribution in [1.82, 2.24) is 33.9 Å². The molecule has 3 aromatic heterocycles. The fourth-order valence-electron chi connectivity index (χ4n) is 3.81. The van der Waals surface area contributed by atoms with Gasteiger partial charge in [-0.2, -0.15) is 15.3 Å². The number of nitrogens with one attached hydrogen (secondary N) is 2. The highest BCUT2D eigenvalue weighted by molar-refractivity contribution is 7.22. The summed E-state index contributed by atoms with van der Waals surface area (Å²) < 4.78 is 18.1. The van der Waals surface area contributed by atoms with Gasteiger partial charge in [-0.3, -0.25) is 14.0 Å². The van der Waals surface area contributed by atoms with E-state index in [4.69, 9.17) is 11.6 Å². The van der Waals surface area contributed by atoms with E-state index >= 15 is 0 Å². The molecule has 0 aliphatic heterocycles. The minimum absolute atomic E-state index is 0.143. The van der Waals surface area contributed by atoms with E-state index in [-0.39, 0.29) is 41.4 Å². The number of hydrogen-bond donors (Lipinski definition) is 2. The number of hydrogen-bond acceptors (Lipinski definition) is 10. The number of halogens is 2. The van der Waals surface area contributed by atoms with Gasteiger partial charge < -0.3 is 10.6 Å². The van der Waals surface area contributed by atoms with Crippen molar-refractivity contribution in [3.05, 3.63) is 85.4 Å². The maximum absolute atomic E-state index is 13.9. The second-order valence-electron chi connectivity index (χ2n) is 8.56. The van der Waals surface area contributed by atoms with Gasteiger partial charge in [-0.15, -0.1) is 0 Å². The summed E-state index contributed by atoms with van der Waals surface area (Å²) in [6.07, 6.45) is 1.43. The predicted molar refractivity (Wildman–Crippen MR) is 145 cm³/mol. The zero-order valence-electron chi connectivity index (χ0n) is 20.8. The minimum Gasteiger partial charge on any atom is -0.324 e. The molecule has 202 valence electrons. The molecule has 5 aromatic rings. The standard InChI is InChI=1S/C24H18ClFN10O3S/c1-12(37)29-22-31-18-6-15(25)17(7-19(18)40-22)30-21-32-23(38)36(10-20-28-11-34(2)33-20)24(39)35(21)9-13-3-4-16(26)14(5-13)8-27/h3-7,11H,9-10H2,1-2H3,(H,29,31,37)(H,30,32,38). The molecule has 0 fully saturated rings. The lowest BCUT2D eigenvalue weighted by Crippen LogP contribution is -2.43. The van der Waals surface area contributed by atoms with Crippen LogP contribution >= 0.6 is 22.9 Å². The topological polar surface area (TPSA) is 165 Å². The molecule has 0 saturated heterocycles. The fourth-order valence-corrected chi connectivity index (χ4v) is 4.95. The van der Waals surface area contributed by atoms with Crippen molar-refractivity contribution in [1.29, 1.82) is 5.26 Å². The summed E-state index contributed by atoms with van der Waals surface area (Å²) in [5, 5.41) is 19.5. The van der Waals surface area contributed by atoms with Gasteiger partial charge in [-0.1, -0.05) is 29.0 Å². The first-order chi connectivity index (χ1) is 19.1. The summed E-state index contributed by atoms with van der Waals surface area (Å²) in [4.78, 5) is 50.5. The molecule has 16 heteroatoms. The minimum atomic E-state index is -0.865. The number of aromatic nitrogens is 7. The van der Waals surface area contributed by atoms with E-state index in [2.05, 4.69) is 30.7 Å². The molecule has 2 N–H and O–H groups in total. The Labute approximate surface area is 233 Å². The van der Waals surface area contributed by atoms with Gasteiger partial charge in [0, 0.05) is 14.0 Å². The van der Waals surface area contributed by atoms with E-state index in [0.29, 0.717) is 26.6 Å². The lowest BCUT2D eigenvalue weighted by Gasteiger charge is -2.16. The number of benzene rings is 2. The molecule has 3 heterocycles. The lowest BCUT2D eigenvalue weighted by molar-refractivity contribution is -0.114. The Kier molecular flexibility index (Phi) is 7.11. The van der Waals surface area contributed by atoms with Gasteiger partial charge in [0.2, 0.25) is 11.9 Å². The Bertz CT molecular complexity index is 1960. The number of anilines is 3. The number of aryl methyl sites for hydroxylation is 1. The predicted octanol–water partition coefficient (Wildman–Crippen LogP) is 2.61. The molecule has 13 nitrogen and oxygen atoms in total. The summed E-state index contributed by atoms with van der Waals surface area (Å²) >= 11 is 7.68. The Morgan fingerprint density at radius 1 is 1.18 bits per heavy atom. The van der Waals surface area contributed by atoms with Crippen LogP contribution in [0.4, 0.5) is 21.2 Å². The van der Waals surface area contributed by atoms with E-state index in [9.17, 15) is 24.0 Å². The maximum atomic E-state index is 13.9. The third-order valence-electron chi connectivity index (χ3n) is 5.60. The SMILES string of the molecule is CC(=O)Nc1nc2cc(Cl)c(Nc3nc(=O)n(Cc4ncn(C)n4)c(=O)n3Cc3ccc(F)c(C#N)c3)cc2s1. The summed E-state index contributed by atoms with van der Waals surface area (Å²) in [7, 11) is 1.65. The lowest BCUT2D eigenvalue weighted by atomic mass is 10.1. The Balaban J connectivity index is 1.60. The maximum Gasteiger partial charge on any atom is 0.355 e. The molecule has 0 saturated carbocycles. The number of nitriles is 1. The van der Waals surface area contributed by atoms with Crippen LogP contribution in [0.2, 0.25) is 5.02 Å². The first kappa shape index (κ1) is 26.7. The van der Waals surface area contributed by atoms with Crippen LogP contribution in [-0.4, -0.2) is 39.8 Å². The molecule has 0 unspecified atom stereocenters. The Morgan fingerprint density at radius 2 is 1.98 bits per heavy atom. The van der Waals surface area contributed by atoms with Crippen molar-refractivity contribution in [2.45, 2.75) is 20.0 Å². The van der Waals surface area contributed by atoms with Crippen molar-refractivity contribution >= 4 is 55.8 Å². The van der Waals surface area contributed by atoms with E-state index in [1.165, 1.54) is 41.4 Å². The molecule has 1 amide bonds. The molecule has 0 aliphatic carbocycles. The zero-order valence-corrected chi connectivity index (χ0v) is 22.4. The summed E-state index contributed by atoms with van der Waals surface area (Å²) in [5.74, 6) is -0.906. The largest absolute Gasteiger partial charge is 0.355 e. The van der Waals surface area contributed by atoms with Gasteiger partial charge in [0.25, 0.3) is 0 Å². The summed E-state index contributed by atoms with van der Waals surface area (Å²) in [6.45, 7) is 0.966. The van der Waals surface area contributed by atoms with Gasteiger partial charge in [0.1, 0.15) is 18.2 Å². The first-order valence-electron chi connectivity index (χ1n) is 11.5. The smallest absolute Gasteiger partial charge is 0.324 e. The Hall–Kier alpha value is -4.94. The number of fused-ring (bicyclic) bond motifs is 1. The number of rotatable bonds is 7. The third-order valence-corrected chi connectivity index (χ3v) is 6.84. The molecule has 0 spiro atoms. The number of nitrogens with zero attached hydrogens (tertiary/aromatic N) is 8. The fraction of sp³-hybridized carbons (Fsp3) is 0.167. The second kappa shape index (κ2) is 10.7. The summed E-state index contributed by atoms with van der Waals surface area (Å²) in [6, 6.07) is 8.82. The van der Waals surface area contributed by atoms with E-state index in [1.54, 1.807) is 25.2 Å². The highest BCUT2D eigenvalue weighted by Crippen LogP contribution is 2.34. The van der Waals surface area contributed by atoms with Crippen molar-refractivity contribution < 1.29 is 9.18 Å². The van der Waals surface area contributed by atoms with E-state index in [1.807, 2.05) is 0 Å². The Morgan fingerprint density at radius 3 is 2.67 bits per heavy atom. The molecule has 0 bridgehead atoms. The van der Waals surface area contributed by atoms with Gasteiger partial charge in [0.05, 0.1) is 39.6 Å². The molecule has 2 aromatic carbocycles. The van der Waals surface area contributed by atoms with Gasteiger partial charge >= 0.3 is 11.4 Å². The normalized spacial score (nSPS) is 11.0. The average Bonchev–Trinajstić information content (AvgIpc) is 3.49. The summed E-state index contributed by atoms with van der Waals surface area (Å²) in [5.41, 5.74) is -0.559. The van der Waals surface area contributed by atoms with Crippen molar-refractivity contribution in [3.8, 4) is 6.07 Å². The molecular weight excluding hydrogens is 563 g/mol. The first-order valence-corrected chi connectivity index (χ1v) is 12.7. The number of thiazole rings is 1. The van der Waals surface area contributed by atoms with E-state index in [0.717, 1.165) is 15.2 Å². The molecule has 0 atom stereocenters. The van der Waals surface area contributed by atoms with E-state index < -0.39 is 17.2 Å². The van der Waals surface area contributed by atoms with Gasteiger partial charge in [-0.05, 0) is 29.8 Å². The van der Waals surface area contributed by atoms with Crippen LogP contribution in [-0.2, 0) is 24.9 Å². The molecule has 0 aliphatic rings.